The number of amides is 2. The smallest absolute Gasteiger partial charge is 0.227 e. The molecule has 1 fully saturated rings. The van der Waals surface area contributed by atoms with E-state index in [-0.39, 0.29) is 30.1 Å². The van der Waals surface area contributed by atoms with Crippen LogP contribution in [-0.4, -0.2) is 28.2 Å². The van der Waals surface area contributed by atoms with E-state index in [1.54, 1.807) is 24.4 Å². The first-order chi connectivity index (χ1) is 12.5. The van der Waals surface area contributed by atoms with Crippen LogP contribution in [0, 0.1) is 5.82 Å². The van der Waals surface area contributed by atoms with Crippen LogP contribution >= 0.6 is 0 Å². The van der Waals surface area contributed by atoms with Gasteiger partial charge in [0.15, 0.2) is 0 Å². The molecule has 1 atom stereocenters. The van der Waals surface area contributed by atoms with Crippen molar-refractivity contribution in [2.24, 2.45) is 0 Å². The number of nitrogens with one attached hydrogen (secondary N) is 1. The largest absolute Gasteiger partial charge is 0.351 e. The third kappa shape index (κ3) is 4.25. The highest BCUT2D eigenvalue weighted by molar-refractivity contribution is 5.79. The van der Waals surface area contributed by atoms with Crippen LogP contribution in [-0.2, 0) is 22.6 Å². The number of benzene rings is 1. The van der Waals surface area contributed by atoms with Gasteiger partial charge in [-0.2, -0.15) is 0 Å². The molecule has 0 spiro atoms. The molecule has 2 amide bonds. The summed E-state index contributed by atoms with van der Waals surface area (Å²) in [6, 6.07) is 10.2. The number of rotatable bonds is 5. The predicted octanol–water partition coefficient (Wildman–Crippen LogP) is 2.76. The predicted molar refractivity (Wildman–Crippen MR) is 95.5 cm³/mol. The summed E-state index contributed by atoms with van der Waals surface area (Å²) in [6.45, 7) is 2.49. The van der Waals surface area contributed by atoms with Gasteiger partial charge in [-0.1, -0.05) is 18.2 Å². The minimum Gasteiger partial charge on any atom is -0.351 e. The molecule has 1 aromatic heterocycles. The van der Waals surface area contributed by atoms with Crippen LogP contribution < -0.4 is 5.32 Å². The highest BCUT2D eigenvalue weighted by Gasteiger charge is 2.30. The van der Waals surface area contributed by atoms with E-state index in [0.717, 1.165) is 24.1 Å². The van der Waals surface area contributed by atoms with Crippen molar-refractivity contribution in [3.05, 3.63) is 65.2 Å². The van der Waals surface area contributed by atoms with Gasteiger partial charge >= 0.3 is 0 Å². The van der Waals surface area contributed by atoms with E-state index in [2.05, 4.69) is 10.3 Å². The Kier molecular flexibility index (Phi) is 5.61. The highest BCUT2D eigenvalue weighted by atomic mass is 19.1. The van der Waals surface area contributed by atoms with Crippen LogP contribution in [0.4, 0.5) is 4.39 Å². The molecular weight excluding hydrogens is 333 g/mol. The van der Waals surface area contributed by atoms with Crippen molar-refractivity contribution in [1.82, 2.24) is 15.2 Å². The topological polar surface area (TPSA) is 62.3 Å². The van der Waals surface area contributed by atoms with Gasteiger partial charge in [-0.05, 0) is 42.2 Å². The number of nitrogens with zero attached hydrogens (tertiary/aromatic N) is 2. The van der Waals surface area contributed by atoms with Crippen molar-refractivity contribution in [2.75, 3.05) is 6.54 Å². The lowest BCUT2D eigenvalue weighted by atomic mass is 10.0. The summed E-state index contributed by atoms with van der Waals surface area (Å²) in [7, 11) is 0. The van der Waals surface area contributed by atoms with Crippen LogP contribution in [0.5, 0.6) is 0 Å². The number of likely N-dealkylation sites (tertiary alicyclic amines) is 1. The van der Waals surface area contributed by atoms with Gasteiger partial charge in [-0.15, -0.1) is 0 Å². The maximum Gasteiger partial charge on any atom is 0.227 e. The van der Waals surface area contributed by atoms with E-state index in [0.29, 0.717) is 18.7 Å². The maximum absolute atomic E-state index is 13.8. The monoisotopic (exact) mass is 355 g/mol. The molecule has 1 aliphatic rings. The van der Waals surface area contributed by atoms with E-state index in [9.17, 15) is 14.0 Å². The first-order valence-corrected chi connectivity index (χ1v) is 8.76. The van der Waals surface area contributed by atoms with Crippen LogP contribution in [0.2, 0.25) is 0 Å². The van der Waals surface area contributed by atoms with Crippen molar-refractivity contribution in [2.45, 2.75) is 38.8 Å². The van der Waals surface area contributed by atoms with Crippen LogP contribution in [0.3, 0.4) is 0 Å². The zero-order chi connectivity index (χ0) is 18.5. The van der Waals surface area contributed by atoms with E-state index >= 15 is 0 Å². The Hall–Kier alpha value is -2.76. The number of hydrogen-bond acceptors (Lipinski definition) is 3. The molecule has 1 aromatic carbocycles. The summed E-state index contributed by atoms with van der Waals surface area (Å²) in [4.78, 5) is 29.9. The molecule has 2 heterocycles. The molecule has 136 valence electrons. The minimum atomic E-state index is -0.349. The lowest BCUT2D eigenvalue weighted by Crippen LogP contribution is -2.32. The van der Waals surface area contributed by atoms with Crippen LogP contribution in [0.25, 0.3) is 0 Å². The van der Waals surface area contributed by atoms with E-state index in [4.69, 9.17) is 0 Å². The Bertz CT molecular complexity index is 809. The molecule has 0 saturated carbocycles. The van der Waals surface area contributed by atoms with Gasteiger partial charge in [-0.3, -0.25) is 14.6 Å². The number of carbonyl (C=O) groups excluding carboxylic acids is 2. The summed E-state index contributed by atoms with van der Waals surface area (Å²) in [6.07, 6.45) is 3.54. The summed E-state index contributed by atoms with van der Waals surface area (Å²) in [5, 5.41) is 2.73. The van der Waals surface area contributed by atoms with Crippen molar-refractivity contribution >= 4 is 11.8 Å². The lowest BCUT2D eigenvalue weighted by Gasteiger charge is -2.25. The molecule has 1 N–H and O–H groups in total. The lowest BCUT2D eigenvalue weighted by molar-refractivity contribution is -0.131. The molecule has 0 bridgehead atoms. The average molecular weight is 355 g/mol. The second-order valence-corrected chi connectivity index (χ2v) is 6.50. The van der Waals surface area contributed by atoms with E-state index in [1.807, 2.05) is 17.0 Å². The summed E-state index contributed by atoms with van der Waals surface area (Å²) < 4.78 is 13.8. The number of carbonyl (C=O) groups is 2. The molecule has 2 aromatic rings. The van der Waals surface area contributed by atoms with Crippen molar-refractivity contribution in [3.63, 3.8) is 0 Å². The van der Waals surface area contributed by atoms with Crippen molar-refractivity contribution < 1.29 is 14.0 Å². The van der Waals surface area contributed by atoms with Crippen molar-refractivity contribution in [3.8, 4) is 0 Å². The summed E-state index contributed by atoms with van der Waals surface area (Å²) >= 11 is 0. The Morgan fingerprint density at radius 2 is 2.12 bits per heavy atom. The average Bonchev–Trinajstić information content (AvgIpc) is 3.12. The second-order valence-electron chi connectivity index (χ2n) is 6.50. The second kappa shape index (κ2) is 8.08. The fourth-order valence-electron chi connectivity index (χ4n) is 3.33. The SMILES string of the molecule is CC(=O)NCc1cc([C@@H]2CCCN2C(=O)Cc2ccccc2F)ccn1. The summed E-state index contributed by atoms with van der Waals surface area (Å²) in [5.41, 5.74) is 2.18. The fourth-order valence-corrected chi connectivity index (χ4v) is 3.33. The van der Waals surface area contributed by atoms with Crippen molar-refractivity contribution in [1.29, 1.82) is 0 Å². The Morgan fingerprint density at radius 1 is 1.31 bits per heavy atom. The maximum atomic E-state index is 13.8. The standard InChI is InChI=1S/C20H22FN3O2/c1-14(25)23-13-17-11-16(8-9-22-17)19-7-4-10-24(19)20(26)12-15-5-2-3-6-18(15)21/h2-3,5-6,8-9,11,19H,4,7,10,12-13H2,1H3,(H,23,25)/t19-/m0/s1. The number of pyridine rings is 1. The van der Waals surface area contributed by atoms with Gasteiger partial charge in [0, 0.05) is 19.7 Å². The molecule has 3 rings (SSSR count). The third-order valence-corrected chi connectivity index (χ3v) is 4.62. The third-order valence-electron chi connectivity index (χ3n) is 4.62. The molecule has 1 saturated heterocycles. The van der Waals surface area contributed by atoms with Gasteiger partial charge in [0.05, 0.1) is 24.7 Å². The minimum absolute atomic E-state index is 0.0339. The highest BCUT2D eigenvalue weighted by Crippen LogP contribution is 2.32. The zero-order valence-corrected chi connectivity index (χ0v) is 14.7. The zero-order valence-electron chi connectivity index (χ0n) is 14.7. The Labute approximate surface area is 152 Å². The van der Waals surface area contributed by atoms with Gasteiger partial charge < -0.3 is 10.2 Å². The van der Waals surface area contributed by atoms with E-state index in [1.165, 1.54) is 13.0 Å². The molecule has 0 unspecified atom stereocenters. The van der Waals surface area contributed by atoms with Crippen LogP contribution in [0.1, 0.15) is 42.6 Å². The Morgan fingerprint density at radius 3 is 2.88 bits per heavy atom. The molecule has 0 aliphatic carbocycles. The molecular formula is C20H22FN3O2. The number of halogens is 1. The molecule has 0 radical (unpaired) electrons. The summed E-state index contributed by atoms with van der Waals surface area (Å²) in [5.74, 6) is -0.532. The van der Waals surface area contributed by atoms with Gasteiger partial charge in [0.25, 0.3) is 0 Å². The van der Waals surface area contributed by atoms with E-state index < -0.39 is 0 Å². The first kappa shape index (κ1) is 18.0. The normalized spacial score (nSPS) is 16.5. The van der Waals surface area contributed by atoms with Gasteiger partial charge in [-0.25, -0.2) is 4.39 Å². The van der Waals surface area contributed by atoms with Gasteiger partial charge in [0.1, 0.15) is 5.82 Å². The van der Waals surface area contributed by atoms with Gasteiger partial charge in [0.2, 0.25) is 11.8 Å². The number of hydrogen-bond donors (Lipinski definition) is 1. The van der Waals surface area contributed by atoms with Crippen LogP contribution in [0.15, 0.2) is 42.6 Å². The Balaban J connectivity index is 1.73. The number of aromatic nitrogens is 1. The molecule has 26 heavy (non-hydrogen) atoms. The molecule has 6 heteroatoms. The first-order valence-electron chi connectivity index (χ1n) is 8.76. The molecule has 1 aliphatic heterocycles. The quantitative estimate of drug-likeness (QED) is 0.897. The fraction of sp³-hybridized carbons (Fsp3) is 0.350. The molecule has 5 nitrogen and oxygen atoms in total.